The van der Waals surface area contributed by atoms with Crippen molar-refractivity contribution in [1.29, 1.82) is 0 Å². The number of anilines is 2. The number of nitrogens with zero attached hydrogens (tertiary/aromatic N) is 2. The molecule has 2 aromatic rings. The Hall–Kier alpha value is -1.88. The van der Waals surface area contributed by atoms with Crippen LogP contribution in [0.15, 0.2) is 24.4 Å². The molecule has 1 aromatic carbocycles. The van der Waals surface area contributed by atoms with E-state index in [9.17, 15) is 4.39 Å². The van der Waals surface area contributed by atoms with Gasteiger partial charge in [-0.25, -0.2) is 4.39 Å². The van der Waals surface area contributed by atoms with Gasteiger partial charge in [-0.15, -0.1) is 0 Å². The minimum Gasteiger partial charge on any atom is -0.398 e. The maximum absolute atomic E-state index is 14.4. The largest absolute Gasteiger partial charge is 0.398 e. The van der Waals surface area contributed by atoms with Gasteiger partial charge >= 0.3 is 0 Å². The zero-order valence-corrected chi connectivity index (χ0v) is 11.5. The highest BCUT2D eigenvalue weighted by Crippen LogP contribution is 2.33. The second-order valence-corrected chi connectivity index (χ2v) is 5.18. The molecule has 3 rings (SSSR count). The summed E-state index contributed by atoms with van der Waals surface area (Å²) in [6, 6.07) is 5.07. The maximum atomic E-state index is 14.4. The topological polar surface area (TPSA) is 51.4 Å². The van der Waals surface area contributed by atoms with Crippen LogP contribution in [0.1, 0.15) is 13.3 Å². The Morgan fingerprint density at radius 1 is 1.50 bits per heavy atom. The quantitative estimate of drug-likeness (QED) is 0.813. The number of nitrogens with two attached hydrogens (primary N) is 1. The van der Waals surface area contributed by atoms with E-state index in [0.717, 1.165) is 18.4 Å². The summed E-state index contributed by atoms with van der Waals surface area (Å²) in [5, 5.41) is 0.793. The second kappa shape index (κ2) is 5.25. The van der Waals surface area contributed by atoms with Gasteiger partial charge in [-0.05, 0) is 31.5 Å². The number of rotatable bonds is 1. The Labute approximate surface area is 117 Å². The Balaban J connectivity index is 2.14. The van der Waals surface area contributed by atoms with E-state index in [2.05, 4.69) is 4.98 Å². The molecular weight excluding hydrogens is 257 g/mol. The molecule has 1 fully saturated rings. The van der Waals surface area contributed by atoms with Gasteiger partial charge in [-0.2, -0.15) is 0 Å². The van der Waals surface area contributed by atoms with Crippen LogP contribution in [0.25, 0.3) is 10.9 Å². The molecule has 1 aliphatic rings. The van der Waals surface area contributed by atoms with E-state index in [1.165, 1.54) is 6.07 Å². The number of benzene rings is 1. The summed E-state index contributed by atoms with van der Waals surface area (Å²) < 4.78 is 20.0. The van der Waals surface area contributed by atoms with E-state index in [4.69, 9.17) is 10.5 Å². The summed E-state index contributed by atoms with van der Waals surface area (Å²) in [6.45, 7) is 4.13. The predicted molar refractivity (Wildman–Crippen MR) is 78.4 cm³/mol. The molecule has 0 aliphatic carbocycles. The standard InChI is InChI=1S/C15H18FN3O/c1-10-9-19(6-3-7-20-10)15-12(16)8-13(17)11-4-2-5-18-14(11)15/h2,4-5,8,10H,3,6-7,9,17H2,1H3. The van der Waals surface area contributed by atoms with Crippen LogP contribution in [0.5, 0.6) is 0 Å². The number of hydrogen-bond donors (Lipinski definition) is 1. The number of halogens is 1. The highest BCUT2D eigenvalue weighted by atomic mass is 19.1. The number of hydrogen-bond acceptors (Lipinski definition) is 4. The monoisotopic (exact) mass is 275 g/mol. The fraction of sp³-hybridized carbons (Fsp3) is 0.400. The predicted octanol–water partition coefficient (Wildman–Crippen LogP) is 2.57. The molecule has 4 nitrogen and oxygen atoms in total. The Morgan fingerprint density at radius 2 is 2.35 bits per heavy atom. The van der Waals surface area contributed by atoms with Crippen LogP contribution in [-0.4, -0.2) is 30.8 Å². The lowest BCUT2D eigenvalue weighted by molar-refractivity contribution is 0.0820. The molecule has 0 radical (unpaired) electrons. The van der Waals surface area contributed by atoms with Gasteiger partial charge in [0.2, 0.25) is 0 Å². The van der Waals surface area contributed by atoms with Gasteiger partial charge in [0.1, 0.15) is 0 Å². The van der Waals surface area contributed by atoms with Crippen molar-refractivity contribution in [2.75, 3.05) is 30.3 Å². The fourth-order valence-electron chi connectivity index (χ4n) is 2.72. The Bertz CT molecular complexity index is 632. The summed E-state index contributed by atoms with van der Waals surface area (Å²) in [5.74, 6) is -0.317. The van der Waals surface area contributed by atoms with Crippen LogP contribution in [0.3, 0.4) is 0 Å². The van der Waals surface area contributed by atoms with Crippen molar-refractivity contribution in [3.8, 4) is 0 Å². The molecule has 1 aromatic heterocycles. The van der Waals surface area contributed by atoms with E-state index < -0.39 is 0 Å². The third-order valence-corrected chi connectivity index (χ3v) is 3.62. The molecule has 1 unspecified atom stereocenters. The molecule has 1 atom stereocenters. The Morgan fingerprint density at radius 3 is 3.20 bits per heavy atom. The van der Waals surface area contributed by atoms with Gasteiger partial charge in [0, 0.05) is 37.0 Å². The highest BCUT2D eigenvalue weighted by Gasteiger charge is 2.22. The van der Waals surface area contributed by atoms with E-state index in [1.54, 1.807) is 6.20 Å². The van der Waals surface area contributed by atoms with Crippen molar-refractivity contribution in [1.82, 2.24) is 4.98 Å². The molecule has 20 heavy (non-hydrogen) atoms. The van der Waals surface area contributed by atoms with Gasteiger partial charge in [0.05, 0.1) is 17.3 Å². The fourth-order valence-corrected chi connectivity index (χ4v) is 2.72. The molecule has 0 spiro atoms. The first-order valence-corrected chi connectivity index (χ1v) is 6.86. The SMILES string of the molecule is CC1CN(c2c(F)cc(N)c3cccnc23)CCCO1. The van der Waals surface area contributed by atoms with Crippen LogP contribution in [0, 0.1) is 5.82 Å². The first-order valence-electron chi connectivity index (χ1n) is 6.86. The molecule has 1 saturated heterocycles. The van der Waals surface area contributed by atoms with Crippen LogP contribution in [0.4, 0.5) is 15.8 Å². The highest BCUT2D eigenvalue weighted by molar-refractivity contribution is 5.98. The van der Waals surface area contributed by atoms with E-state index in [-0.39, 0.29) is 11.9 Å². The Kier molecular flexibility index (Phi) is 3.44. The number of fused-ring (bicyclic) bond motifs is 1. The first-order chi connectivity index (χ1) is 9.66. The van der Waals surface area contributed by atoms with Crippen molar-refractivity contribution >= 4 is 22.3 Å². The second-order valence-electron chi connectivity index (χ2n) is 5.18. The van der Waals surface area contributed by atoms with Crippen molar-refractivity contribution in [2.24, 2.45) is 0 Å². The van der Waals surface area contributed by atoms with Crippen LogP contribution in [-0.2, 0) is 4.74 Å². The zero-order chi connectivity index (χ0) is 14.1. The van der Waals surface area contributed by atoms with Gasteiger partial charge in [0.25, 0.3) is 0 Å². The van der Waals surface area contributed by atoms with Gasteiger partial charge < -0.3 is 15.4 Å². The lowest BCUT2D eigenvalue weighted by Gasteiger charge is -2.26. The molecule has 2 N–H and O–H groups in total. The molecule has 1 aliphatic heterocycles. The molecule has 0 bridgehead atoms. The third-order valence-electron chi connectivity index (χ3n) is 3.62. The lowest BCUT2D eigenvalue weighted by Crippen LogP contribution is -2.31. The number of nitrogen functional groups attached to an aromatic ring is 1. The van der Waals surface area contributed by atoms with Crippen molar-refractivity contribution in [2.45, 2.75) is 19.4 Å². The van der Waals surface area contributed by atoms with Gasteiger partial charge in [0.15, 0.2) is 5.82 Å². The molecule has 0 amide bonds. The van der Waals surface area contributed by atoms with Crippen LogP contribution >= 0.6 is 0 Å². The average molecular weight is 275 g/mol. The lowest BCUT2D eigenvalue weighted by atomic mass is 10.1. The molecule has 106 valence electrons. The number of pyridine rings is 1. The van der Waals surface area contributed by atoms with Crippen molar-refractivity contribution in [3.05, 3.63) is 30.2 Å². The average Bonchev–Trinajstić information content (AvgIpc) is 2.63. The molecule has 2 heterocycles. The summed E-state index contributed by atoms with van der Waals surface area (Å²) in [7, 11) is 0. The minimum atomic E-state index is -0.317. The van der Waals surface area contributed by atoms with Gasteiger partial charge in [-0.3, -0.25) is 4.98 Å². The smallest absolute Gasteiger partial charge is 0.150 e. The summed E-state index contributed by atoms with van der Waals surface area (Å²) >= 11 is 0. The summed E-state index contributed by atoms with van der Waals surface area (Å²) in [4.78, 5) is 6.35. The third kappa shape index (κ3) is 2.29. The van der Waals surface area contributed by atoms with Crippen molar-refractivity contribution in [3.63, 3.8) is 0 Å². The first kappa shape index (κ1) is 13.1. The number of aromatic nitrogens is 1. The summed E-state index contributed by atoms with van der Waals surface area (Å²) in [6.07, 6.45) is 2.62. The molecule has 5 heteroatoms. The van der Waals surface area contributed by atoms with E-state index >= 15 is 0 Å². The van der Waals surface area contributed by atoms with Gasteiger partial charge in [-0.1, -0.05) is 0 Å². The molecule has 0 saturated carbocycles. The summed E-state index contributed by atoms with van der Waals surface area (Å²) in [5.41, 5.74) is 7.47. The van der Waals surface area contributed by atoms with Crippen LogP contribution < -0.4 is 10.6 Å². The molecular formula is C15H18FN3O. The zero-order valence-electron chi connectivity index (χ0n) is 11.5. The minimum absolute atomic E-state index is 0.0771. The van der Waals surface area contributed by atoms with E-state index in [1.807, 2.05) is 24.0 Å². The van der Waals surface area contributed by atoms with Crippen LogP contribution in [0.2, 0.25) is 0 Å². The maximum Gasteiger partial charge on any atom is 0.150 e. The van der Waals surface area contributed by atoms with E-state index in [0.29, 0.717) is 30.0 Å². The van der Waals surface area contributed by atoms with Crippen molar-refractivity contribution < 1.29 is 9.13 Å². The number of ether oxygens (including phenoxy) is 1. The normalized spacial score (nSPS) is 20.1.